The smallest absolute Gasteiger partial charge is 0.305 e. The van der Waals surface area contributed by atoms with Crippen LogP contribution < -0.4 is 10.1 Å². The number of carboxylic acids is 1. The van der Waals surface area contributed by atoms with Crippen LogP contribution in [0.25, 0.3) is 10.9 Å². The normalized spacial score (nSPS) is 13.8. The van der Waals surface area contributed by atoms with Gasteiger partial charge in [-0.3, -0.25) is 9.48 Å². The van der Waals surface area contributed by atoms with E-state index in [4.69, 9.17) is 14.8 Å². The summed E-state index contributed by atoms with van der Waals surface area (Å²) in [6.45, 7) is 3.07. The van der Waals surface area contributed by atoms with Crippen molar-refractivity contribution in [1.29, 1.82) is 0 Å². The Morgan fingerprint density at radius 1 is 1.23 bits per heavy atom. The number of pyridine rings is 2. The van der Waals surface area contributed by atoms with Crippen molar-refractivity contribution in [2.24, 2.45) is 0 Å². The second-order valence-electron chi connectivity index (χ2n) is 9.02. The molecule has 8 heteroatoms. The fraction of sp³-hybridized carbons (Fsp3) is 0.333. The molecule has 8 nitrogen and oxygen atoms in total. The molecule has 4 aromatic rings. The summed E-state index contributed by atoms with van der Waals surface area (Å²) in [5.74, 6) is 0.626. The average molecular weight is 472 g/mol. The number of methoxy groups -OCH3 is 1. The molecule has 0 unspecified atom stereocenters. The predicted octanol–water partition coefficient (Wildman–Crippen LogP) is 4.35. The molecular weight excluding hydrogens is 442 g/mol. The van der Waals surface area contributed by atoms with Gasteiger partial charge in [-0.25, -0.2) is 9.97 Å². The van der Waals surface area contributed by atoms with E-state index in [0.717, 1.165) is 60.2 Å². The minimum Gasteiger partial charge on any atom is -0.481 e. The van der Waals surface area contributed by atoms with Crippen molar-refractivity contribution in [2.75, 3.05) is 19.0 Å². The molecule has 1 aliphatic heterocycles. The first-order chi connectivity index (χ1) is 17.0. The van der Waals surface area contributed by atoms with Crippen LogP contribution in [0.1, 0.15) is 46.8 Å². The number of hydrogen-bond acceptors (Lipinski definition) is 6. The highest BCUT2D eigenvalue weighted by atomic mass is 16.5. The minimum atomic E-state index is -0.893. The Hall–Kier alpha value is -3.94. The Bertz CT molecular complexity index is 1360. The third kappa shape index (κ3) is 4.96. The molecule has 3 aromatic heterocycles. The number of fused-ring (bicyclic) bond motifs is 2. The lowest BCUT2D eigenvalue weighted by molar-refractivity contribution is -0.137. The number of aliphatic carboxylic acids is 1. The van der Waals surface area contributed by atoms with Gasteiger partial charge in [0.25, 0.3) is 0 Å². The highest BCUT2D eigenvalue weighted by Crippen LogP contribution is 2.27. The van der Waals surface area contributed by atoms with Gasteiger partial charge in [0.15, 0.2) is 0 Å². The number of hydrogen-bond donors (Lipinski definition) is 2. The lowest BCUT2D eigenvalue weighted by atomic mass is 9.98. The van der Waals surface area contributed by atoms with Crippen molar-refractivity contribution < 1.29 is 14.6 Å². The maximum Gasteiger partial charge on any atom is 0.305 e. The summed E-state index contributed by atoms with van der Waals surface area (Å²) in [5.41, 5.74) is 6.48. The minimum absolute atomic E-state index is 0.0890. The molecule has 0 radical (unpaired) electrons. The molecule has 1 atom stereocenters. The number of carbonyl (C=O) groups is 1. The largest absolute Gasteiger partial charge is 0.481 e. The molecule has 4 heterocycles. The zero-order chi connectivity index (χ0) is 24.4. The first kappa shape index (κ1) is 22.8. The van der Waals surface area contributed by atoms with E-state index in [-0.39, 0.29) is 6.42 Å². The first-order valence-corrected chi connectivity index (χ1v) is 11.9. The zero-order valence-corrected chi connectivity index (χ0v) is 20.0. The topological polar surface area (TPSA) is 102 Å². The lowest BCUT2D eigenvalue weighted by Crippen LogP contribution is -2.16. The van der Waals surface area contributed by atoms with Crippen molar-refractivity contribution in [3.8, 4) is 5.88 Å². The Balaban J connectivity index is 1.37. The molecule has 180 valence electrons. The van der Waals surface area contributed by atoms with Crippen LogP contribution in [-0.4, -0.2) is 44.5 Å². The van der Waals surface area contributed by atoms with Gasteiger partial charge in [-0.2, -0.15) is 5.10 Å². The molecule has 0 saturated heterocycles. The summed E-state index contributed by atoms with van der Waals surface area (Å²) < 4.78 is 6.86. The van der Waals surface area contributed by atoms with E-state index in [1.807, 2.05) is 12.3 Å². The fourth-order valence-corrected chi connectivity index (χ4v) is 4.69. The fourth-order valence-electron chi connectivity index (χ4n) is 4.69. The Labute approximate surface area is 204 Å². The number of nitrogens with zero attached hydrogens (tertiary/aromatic N) is 4. The second kappa shape index (κ2) is 9.74. The number of ether oxygens (including phenoxy) is 1. The molecule has 0 amide bonds. The van der Waals surface area contributed by atoms with Crippen LogP contribution in [0.3, 0.4) is 0 Å². The summed E-state index contributed by atoms with van der Waals surface area (Å²) in [7, 11) is 1.55. The van der Waals surface area contributed by atoms with Crippen LogP contribution in [0.15, 0.2) is 48.8 Å². The molecule has 0 bridgehead atoms. The quantitative estimate of drug-likeness (QED) is 0.394. The SMILES string of the molecule is COc1ccc([C@H](CC(=O)O)n2cc3ccc(CCc4cc5c(nc4C)NCCC5)cc3n2)cn1. The number of aryl methyl sites for hydroxylation is 4. The van der Waals surface area contributed by atoms with Crippen molar-refractivity contribution in [3.05, 3.63) is 76.7 Å². The van der Waals surface area contributed by atoms with Gasteiger partial charge in [-0.05, 0) is 67.0 Å². The molecular formula is C27H29N5O3. The van der Waals surface area contributed by atoms with Crippen LogP contribution in [0.5, 0.6) is 5.88 Å². The molecule has 35 heavy (non-hydrogen) atoms. The van der Waals surface area contributed by atoms with E-state index >= 15 is 0 Å². The number of rotatable bonds is 8. The maximum absolute atomic E-state index is 11.6. The van der Waals surface area contributed by atoms with Gasteiger partial charge in [0, 0.05) is 36.1 Å². The third-order valence-corrected chi connectivity index (χ3v) is 6.63. The summed E-state index contributed by atoms with van der Waals surface area (Å²) in [6, 6.07) is 11.7. The second-order valence-corrected chi connectivity index (χ2v) is 9.02. The summed E-state index contributed by atoms with van der Waals surface area (Å²) in [5, 5.41) is 18.6. The predicted molar refractivity (Wildman–Crippen MR) is 134 cm³/mol. The van der Waals surface area contributed by atoms with E-state index in [0.29, 0.717) is 5.88 Å². The number of anilines is 1. The van der Waals surface area contributed by atoms with E-state index in [2.05, 4.69) is 41.5 Å². The van der Waals surface area contributed by atoms with Gasteiger partial charge < -0.3 is 15.2 Å². The molecule has 1 aliphatic rings. The highest BCUT2D eigenvalue weighted by molar-refractivity contribution is 5.79. The van der Waals surface area contributed by atoms with Gasteiger partial charge in [0.05, 0.1) is 25.1 Å². The number of carboxylic acid groups (broad SMARTS) is 1. The molecule has 0 fully saturated rings. The van der Waals surface area contributed by atoms with E-state index in [9.17, 15) is 9.90 Å². The van der Waals surface area contributed by atoms with Gasteiger partial charge in [0.1, 0.15) is 5.82 Å². The number of benzene rings is 1. The third-order valence-electron chi connectivity index (χ3n) is 6.63. The average Bonchev–Trinajstić information content (AvgIpc) is 3.29. The van der Waals surface area contributed by atoms with Crippen molar-refractivity contribution >= 4 is 22.7 Å². The number of aromatic nitrogens is 4. The summed E-state index contributed by atoms with van der Waals surface area (Å²) in [6.07, 6.45) is 7.49. The van der Waals surface area contributed by atoms with Gasteiger partial charge >= 0.3 is 5.97 Å². The Kier molecular flexibility index (Phi) is 6.35. The van der Waals surface area contributed by atoms with Gasteiger partial charge in [-0.15, -0.1) is 0 Å². The van der Waals surface area contributed by atoms with Gasteiger partial charge in [0.2, 0.25) is 5.88 Å². The van der Waals surface area contributed by atoms with Crippen molar-refractivity contribution in [1.82, 2.24) is 19.7 Å². The van der Waals surface area contributed by atoms with E-state index in [1.165, 1.54) is 16.7 Å². The van der Waals surface area contributed by atoms with Crippen molar-refractivity contribution in [3.63, 3.8) is 0 Å². The molecule has 0 spiro atoms. The summed E-state index contributed by atoms with van der Waals surface area (Å²) >= 11 is 0. The molecule has 1 aromatic carbocycles. The Morgan fingerprint density at radius 3 is 2.89 bits per heavy atom. The standard InChI is InChI=1S/C27H29N5O3/c1-17-19(13-20-4-3-11-28-27(20)30-17)7-5-18-6-8-22-16-32(31-23(22)12-18)24(14-26(33)34)21-9-10-25(35-2)29-15-21/h6,8-10,12-13,15-16,24H,3-5,7,11,14H2,1-2H3,(H,28,30)(H,33,34)/t24-/m0/s1. The number of nitrogens with one attached hydrogen (secondary N) is 1. The molecule has 0 saturated carbocycles. The van der Waals surface area contributed by atoms with Gasteiger partial charge in [-0.1, -0.05) is 18.2 Å². The molecule has 2 N–H and O–H groups in total. The van der Waals surface area contributed by atoms with Crippen LogP contribution in [0, 0.1) is 6.92 Å². The Morgan fingerprint density at radius 2 is 2.11 bits per heavy atom. The van der Waals surface area contributed by atoms with E-state index in [1.54, 1.807) is 24.1 Å². The highest BCUT2D eigenvalue weighted by Gasteiger charge is 2.20. The maximum atomic E-state index is 11.6. The zero-order valence-electron chi connectivity index (χ0n) is 20.0. The molecule has 0 aliphatic carbocycles. The van der Waals surface area contributed by atoms with Crippen LogP contribution in [0.4, 0.5) is 5.82 Å². The van der Waals surface area contributed by atoms with E-state index < -0.39 is 12.0 Å². The molecule has 5 rings (SSSR count). The van der Waals surface area contributed by atoms with Crippen LogP contribution >= 0.6 is 0 Å². The summed E-state index contributed by atoms with van der Waals surface area (Å²) in [4.78, 5) is 20.6. The first-order valence-electron chi connectivity index (χ1n) is 11.9. The van der Waals surface area contributed by atoms with Crippen LogP contribution in [-0.2, 0) is 24.1 Å². The van der Waals surface area contributed by atoms with Crippen molar-refractivity contribution in [2.45, 2.75) is 45.1 Å². The monoisotopic (exact) mass is 471 g/mol. The van der Waals surface area contributed by atoms with Crippen LogP contribution in [0.2, 0.25) is 0 Å². The lowest BCUT2D eigenvalue weighted by Gasteiger charge is -2.19.